The predicted molar refractivity (Wildman–Crippen MR) is 123 cm³/mol. The zero-order chi connectivity index (χ0) is 22.2. The van der Waals surface area contributed by atoms with Gasteiger partial charge in [-0.3, -0.25) is 4.79 Å². The molecule has 0 atom stereocenters. The minimum atomic E-state index is -0.0255. The number of imidazole rings is 1. The second-order valence-electron chi connectivity index (χ2n) is 7.79. The van der Waals surface area contributed by atoms with Crippen molar-refractivity contribution in [2.75, 3.05) is 41.4 Å². The first kappa shape index (κ1) is 22.6. The second-order valence-corrected chi connectivity index (χ2v) is 7.79. The van der Waals surface area contributed by atoms with Crippen molar-refractivity contribution in [3.63, 3.8) is 0 Å². The Bertz CT molecular complexity index is 1010. The first-order valence-electron chi connectivity index (χ1n) is 10.6. The van der Waals surface area contributed by atoms with Crippen molar-refractivity contribution >= 4 is 16.9 Å². The van der Waals surface area contributed by atoms with Gasteiger partial charge in [0, 0.05) is 19.5 Å². The maximum Gasteiger partial charge on any atom is 0.224 e. The molecule has 3 aromatic rings. The Hall–Kier alpha value is -3.06. The van der Waals surface area contributed by atoms with Crippen LogP contribution in [-0.4, -0.2) is 61.8 Å². The van der Waals surface area contributed by atoms with Gasteiger partial charge in [-0.25, -0.2) is 4.98 Å². The molecule has 2 aromatic carbocycles. The van der Waals surface area contributed by atoms with Crippen LogP contribution in [0.3, 0.4) is 0 Å². The number of hydrogen-bond acceptors (Lipinski definition) is 5. The molecule has 0 bridgehead atoms. The predicted octanol–water partition coefficient (Wildman–Crippen LogP) is 2.91. The van der Waals surface area contributed by atoms with Crippen molar-refractivity contribution in [1.29, 1.82) is 0 Å². The van der Waals surface area contributed by atoms with Crippen molar-refractivity contribution in [3.8, 4) is 11.5 Å². The third-order valence-electron chi connectivity index (χ3n) is 5.20. The second kappa shape index (κ2) is 10.8. The van der Waals surface area contributed by atoms with Gasteiger partial charge < -0.3 is 24.3 Å². The number of aromatic nitrogens is 2. The summed E-state index contributed by atoms with van der Waals surface area (Å²) in [6.07, 6.45) is 2.03. The van der Waals surface area contributed by atoms with Gasteiger partial charge in [0.1, 0.15) is 5.82 Å². The number of carbonyl (C=O) groups is 1. The third-order valence-corrected chi connectivity index (χ3v) is 5.20. The van der Waals surface area contributed by atoms with Crippen LogP contribution in [0.15, 0.2) is 42.5 Å². The molecule has 0 unspecified atom stereocenters. The molecule has 1 N–H and O–H groups in total. The number of ether oxygens (including phenoxy) is 2. The molecule has 0 aliphatic carbocycles. The molecule has 1 aromatic heterocycles. The molecule has 0 saturated carbocycles. The summed E-state index contributed by atoms with van der Waals surface area (Å²) in [4.78, 5) is 19.4. The Balaban J connectivity index is 1.60. The van der Waals surface area contributed by atoms with Gasteiger partial charge in [0.2, 0.25) is 5.91 Å². The van der Waals surface area contributed by atoms with Crippen LogP contribution >= 0.6 is 0 Å². The summed E-state index contributed by atoms with van der Waals surface area (Å²) in [5, 5.41) is 3.02. The van der Waals surface area contributed by atoms with Gasteiger partial charge in [-0.2, -0.15) is 0 Å². The Kier molecular flexibility index (Phi) is 7.89. The molecule has 7 nitrogen and oxygen atoms in total. The van der Waals surface area contributed by atoms with E-state index in [1.165, 1.54) is 0 Å². The zero-order valence-corrected chi connectivity index (χ0v) is 18.9. The summed E-state index contributed by atoms with van der Waals surface area (Å²) in [6, 6.07) is 13.7. The van der Waals surface area contributed by atoms with Gasteiger partial charge >= 0.3 is 0 Å². The first-order chi connectivity index (χ1) is 15.0. The standard InChI is InChI=1S/C24H32N4O3/c1-27(2)14-7-15-28-20-9-6-5-8-19(20)26-23(28)12-13-25-24(29)17-18-10-11-21(30-3)22(16-18)31-4/h5-6,8-11,16H,7,12-15,17H2,1-4H3,(H,25,29). The number of nitrogens with zero attached hydrogens (tertiary/aromatic N) is 3. The average Bonchev–Trinajstić information content (AvgIpc) is 3.11. The quantitative estimate of drug-likeness (QED) is 0.513. The average molecular weight is 425 g/mol. The van der Waals surface area contributed by atoms with Crippen LogP contribution in [0, 0.1) is 0 Å². The summed E-state index contributed by atoms with van der Waals surface area (Å²) < 4.78 is 12.8. The van der Waals surface area contributed by atoms with Gasteiger partial charge in [0.15, 0.2) is 11.5 Å². The van der Waals surface area contributed by atoms with Crippen molar-refractivity contribution in [2.24, 2.45) is 0 Å². The lowest BCUT2D eigenvalue weighted by atomic mass is 10.1. The van der Waals surface area contributed by atoms with Crippen LogP contribution in [0.4, 0.5) is 0 Å². The van der Waals surface area contributed by atoms with Gasteiger partial charge in [0.25, 0.3) is 0 Å². The van der Waals surface area contributed by atoms with E-state index in [-0.39, 0.29) is 5.91 Å². The third kappa shape index (κ3) is 5.98. The van der Waals surface area contributed by atoms with E-state index in [0.717, 1.165) is 41.9 Å². The van der Waals surface area contributed by atoms with Gasteiger partial charge in [-0.15, -0.1) is 0 Å². The molecule has 0 radical (unpaired) electrons. The SMILES string of the molecule is COc1ccc(CC(=O)NCCc2nc3ccccc3n2CCCN(C)C)cc1OC. The van der Waals surface area contributed by atoms with Crippen LogP contribution < -0.4 is 14.8 Å². The number of carbonyl (C=O) groups excluding carboxylic acids is 1. The van der Waals surface area contributed by atoms with E-state index in [4.69, 9.17) is 14.5 Å². The van der Waals surface area contributed by atoms with Gasteiger partial charge in [0.05, 0.1) is 31.7 Å². The molecule has 0 spiro atoms. The van der Waals surface area contributed by atoms with Crippen LogP contribution in [0.2, 0.25) is 0 Å². The highest BCUT2D eigenvalue weighted by Crippen LogP contribution is 2.27. The number of amides is 1. The molecule has 0 saturated heterocycles. The summed E-state index contributed by atoms with van der Waals surface area (Å²) in [5.74, 6) is 2.26. The molecule has 7 heteroatoms. The zero-order valence-electron chi connectivity index (χ0n) is 18.9. The van der Waals surface area contributed by atoms with E-state index in [2.05, 4.69) is 34.9 Å². The molecule has 31 heavy (non-hydrogen) atoms. The van der Waals surface area contributed by atoms with Crippen LogP contribution in [0.25, 0.3) is 11.0 Å². The molecule has 0 aliphatic rings. The number of fused-ring (bicyclic) bond motifs is 1. The molecule has 0 fully saturated rings. The number of benzene rings is 2. The van der Waals surface area contributed by atoms with Crippen LogP contribution in [-0.2, 0) is 24.2 Å². The fraction of sp³-hybridized carbons (Fsp3) is 0.417. The monoisotopic (exact) mass is 424 g/mol. The molecular formula is C24H32N4O3. The summed E-state index contributed by atoms with van der Waals surface area (Å²) >= 11 is 0. The lowest BCUT2D eigenvalue weighted by Crippen LogP contribution is -2.28. The molecule has 3 rings (SSSR count). The molecular weight excluding hydrogens is 392 g/mol. The first-order valence-corrected chi connectivity index (χ1v) is 10.6. The number of para-hydroxylation sites is 2. The Morgan fingerprint density at radius 1 is 1.10 bits per heavy atom. The lowest BCUT2D eigenvalue weighted by molar-refractivity contribution is -0.120. The van der Waals surface area contributed by atoms with Crippen molar-refractivity contribution < 1.29 is 14.3 Å². The van der Waals surface area contributed by atoms with E-state index in [1.54, 1.807) is 14.2 Å². The van der Waals surface area contributed by atoms with Crippen LogP contribution in [0.5, 0.6) is 11.5 Å². The van der Waals surface area contributed by atoms with Gasteiger partial charge in [-0.05, 0) is 56.9 Å². The van der Waals surface area contributed by atoms with Crippen LogP contribution in [0.1, 0.15) is 17.8 Å². The number of aryl methyl sites for hydroxylation is 1. The number of methoxy groups -OCH3 is 2. The fourth-order valence-corrected chi connectivity index (χ4v) is 3.66. The van der Waals surface area contributed by atoms with Crippen molar-refractivity contribution in [1.82, 2.24) is 19.8 Å². The minimum Gasteiger partial charge on any atom is -0.493 e. The molecule has 1 amide bonds. The highest BCUT2D eigenvalue weighted by atomic mass is 16.5. The number of hydrogen-bond donors (Lipinski definition) is 1. The summed E-state index contributed by atoms with van der Waals surface area (Å²) in [6.45, 7) is 2.48. The van der Waals surface area contributed by atoms with Gasteiger partial charge in [-0.1, -0.05) is 18.2 Å². The van der Waals surface area contributed by atoms with E-state index in [9.17, 15) is 4.79 Å². The Morgan fingerprint density at radius 3 is 2.61 bits per heavy atom. The van der Waals surface area contributed by atoms with E-state index < -0.39 is 0 Å². The topological polar surface area (TPSA) is 68.6 Å². The van der Waals surface area contributed by atoms with Crippen molar-refractivity contribution in [3.05, 3.63) is 53.9 Å². The highest BCUT2D eigenvalue weighted by Gasteiger charge is 2.12. The minimum absolute atomic E-state index is 0.0255. The smallest absolute Gasteiger partial charge is 0.224 e. The Morgan fingerprint density at radius 2 is 1.87 bits per heavy atom. The molecule has 166 valence electrons. The normalized spacial score (nSPS) is 11.1. The molecule has 0 aliphatic heterocycles. The Labute approximate surface area is 184 Å². The number of rotatable bonds is 11. The lowest BCUT2D eigenvalue weighted by Gasteiger charge is -2.13. The molecule has 1 heterocycles. The highest BCUT2D eigenvalue weighted by molar-refractivity contribution is 5.79. The fourth-order valence-electron chi connectivity index (χ4n) is 3.66. The maximum absolute atomic E-state index is 12.4. The number of nitrogens with one attached hydrogen (secondary N) is 1. The summed E-state index contributed by atoms with van der Waals surface area (Å²) in [7, 11) is 7.35. The van der Waals surface area contributed by atoms with E-state index in [1.807, 2.05) is 36.4 Å². The summed E-state index contributed by atoms with van der Waals surface area (Å²) in [5.41, 5.74) is 3.03. The largest absolute Gasteiger partial charge is 0.493 e. The van der Waals surface area contributed by atoms with E-state index >= 15 is 0 Å². The van der Waals surface area contributed by atoms with Crippen molar-refractivity contribution in [2.45, 2.75) is 25.8 Å². The van der Waals surface area contributed by atoms with E-state index in [0.29, 0.717) is 30.9 Å². The maximum atomic E-state index is 12.4.